The molecule has 4 aliphatic rings. The summed E-state index contributed by atoms with van der Waals surface area (Å²) in [6.45, 7) is 2.05. The van der Waals surface area contributed by atoms with Gasteiger partial charge in [-0.15, -0.1) is 11.3 Å². The number of carbonyl (C=O) groups is 1. The van der Waals surface area contributed by atoms with Gasteiger partial charge in [-0.05, 0) is 63.2 Å². The fourth-order valence-electron chi connectivity index (χ4n) is 5.73. The Morgan fingerprint density at radius 3 is 2.46 bits per heavy atom. The highest BCUT2D eigenvalue weighted by molar-refractivity contribution is 7.09. The van der Waals surface area contributed by atoms with E-state index in [2.05, 4.69) is 10.7 Å². The molecule has 4 bridgehead atoms. The van der Waals surface area contributed by atoms with Crippen molar-refractivity contribution in [1.29, 1.82) is 0 Å². The number of carbonyl (C=O) groups excluding carboxylic acids is 1. The maximum absolute atomic E-state index is 11.4. The Hall–Kier alpha value is -0.980. The molecule has 4 N–H and O–H groups in total. The molecule has 132 valence electrons. The number of nitrogens with zero attached hydrogens (tertiary/aromatic N) is 1. The molecule has 0 saturated heterocycles. The quantitative estimate of drug-likeness (QED) is 0.732. The van der Waals surface area contributed by atoms with Crippen LogP contribution in [0.1, 0.15) is 56.2 Å². The Labute approximate surface area is 147 Å². The number of nitrogens with two attached hydrogens (primary N) is 1. The molecule has 5 nitrogen and oxygen atoms in total. The zero-order valence-electron chi connectivity index (χ0n) is 14.2. The zero-order valence-corrected chi connectivity index (χ0v) is 15.0. The first-order chi connectivity index (χ1) is 11.4. The largest absolute Gasteiger partial charge is 0.391 e. The predicted octanol–water partition coefficient (Wildman–Crippen LogP) is 1.94. The third-order valence-corrected chi connectivity index (χ3v) is 7.47. The standard InChI is InChI=1S/C18H27N3O2S/c1-10(22)15(16(19)23)20-8-14-9-24-17(21-14)18-5-11-2-12(6-18)4-13(3-11)7-18/h9-13,15,20,22H,2-8H2,1H3,(H2,19,23)/t10-,11?,12?,13?,15+,18?/m1/s1. The van der Waals surface area contributed by atoms with Crippen LogP contribution in [0, 0.1) is 17.8 Å². The Kier molecular flexibility index (Phi) is 4.17. The van der Waals surface area contributed by atoms with Gasteiger partial charge in [0.25, 0.3) is 0 Å². The Bertz CT molecular complexity index is 592. The summed E-state index contributed by atoms with van der Waals surface area (Å²) in [5, 5.41) is 16.1. The summed E-state index contributed by atoms with van der Waals surface area (Å²) in [4.78, 5) is 16.3. The molecule has 4 saturated carbocycles. The first-order valence-corrected chi connectivity index (χ1v) is 9.99. The van der Waals surface area contributed by atoms with Crippen LogP contribution >= 0.6 is 11.3 Å². The number of rotatable bonds is 6. The van der Waals surface area contributed by atoms with E-state index in [0.717, 1.165) is 23.4 Å². The van der Waals surface area contributed by atoms with Crippen LogP contribution in [0.4, 0.5) is 0 Å². The molecule has 4 fully saturated rings. The average Bonchev–Trinajstić information content (AvgIpc) is 2.95. The highest BCUT2D eigenvalue weighted by atomic mass is 32.1. The van der Waals surface area contributed by atoms with Crippen molar-refractivity contribution in [2.24, 2.45) is 23.5 Å². The minimum Gasteiger partial charge on any atom is -0.391 e. The van der Waals surface area contributed by atoms with Gasteiger partial charge in [0, 0.05) is 17.3 Å². The van der Waals surface area contributed by atoms with Crippen molar-refractivity contribution in [3.05, 3.63) is 16.1 Å². The maximum atomic E-state index is 11.4. The molecule has 1 aromatic heterocycles. The van der Waals surface area contributed by atoms with E-state index in [1.807, 2.05) is 0 Å². The van der Waals surface area contributed by atoms with E-state index in [0.29, 0.717) is 12.0 Å². The minimum atomic E-state index is -0.802. The number of primary amides is 1. The van der Waals surface area contributed by atoms with Gasteiger partial charge in [0.1, 0.15) is 6.04 Å². The van der Waals surface area contributed by atoms with Gasteiger partial charge in [-0.1, -0.05) is 0 Å². The predicted molar refractivity (Wildman–Crippen MR) is 93.5 cm³/mol. The third kappa shape index (κ3) is 2.89. The molecular formula is C18H27N3O2S. The van der Waals surface area contributed by atoms with Crippen LogP contribution in [-0.4, -0.2) is 28.1 Å². The van der Waals surface area contributed by atoms with Crippen LogP contribution in [0.15, 0.2) is 5.38 Å². The molecule has 2 atom stereocenters. The van der Waals surface area contributed by atoms with Gasteiger partial charge in [-0.3, -0.25) is 10.1 Å². The normalized spacial score (nSPS) is 36.7. The topological polar surface area (TPSA) is 88.2 Å². The second-order valence-electron chi connectivity index (χ2n) is 8.34. The fourth-order valence-corrected chi connectivity index (χ4v) is 6.78. The van der Waals surface area contributed by atoms with E-state index < -0.39 is 18.1 Å². The summed E-state index contributed by atoms with van der Waals surface area (Å²) in [6.07, 6.45) is 7.46. The molecule has 6 heteroatoms. The lowest BCUT2D eigenvalue weighted by Gasteiger charge is -2.56. The molecule has 0 aliphatic heterocycles. The summed E-state index contributed by atoms with van der Waals surface area (Å²) in [6, 6.07) is -0.727. The first kappa shape index (κ1) is 16.5. The molecule has 0 spiro atoms. The van der Waals surface area contributed by atoms with E-state index in [-0.39, 0.29) is 0 Å². The van der Waals surface area contributed by atoms with E-state index >= 15 is 0 Å². The molecule has 0 radical (unpaired) electrons. The van der Waals surface area contributed by atoms with Gasteiger partial charge in [0.15, 0.2) is 0 Å². The number of nitrogens with one attached hydrogen (secondary N) is 1. The molecule has 1 heterocycles. The number of aliphatic hydroxyl groups is 1. The van der Waals surface area contributed by atoms with E-state index in [1.165, 1.54) is 43.5 Å². The Morgan fingerprint density at radius 1 is 1.38 bits per heavy atom. The summed E-state index contributed by atoms with van der Waals surface area (Å²) in [5.41, 5.74) is 6.61. The number of hydrogen-bond acceptors (Lipinski definition) is 5. The maximum Gasteiger partial charge on any atom is 0.237 e. The van der Waals surface area contributed by atoms with Crippen LogP contribution in [0.2, 0.25) is 0 Å². The summed E-state index contributed by atoms with van der Waals surface area (Å²) < 4.78 is 0. The molecule has 1 amide bonds. The number of aliphatic hydroxyl groups excluding tert-OH is 1. The Balaban J connectivity index is 1.46. The lowest BCUT2D eigenvalue weighted by Crippen LogP contribution is -2.48. The monoisotopic (exact) mass is 349 g/mol. The number of hydrogen-bond donors (Lipinski definition) is 3. The smallest absolute Gasteiger partial charge is 0.237 e. The average molecular weight is 350 g/mol. The van der Waals surface area contributed by atoms with E-state index in [4.69, 9.17) is 10.7 Å². The SMILES string of the molecule is C[C@@H](O)[C@H](NCc1csc(C23CC4CC(CC(C4)C2)C3)n1)C(N)=O. The Morgan fingerprint density at radius 2 is 1.96 bits per heavy atom. The summed E-state index contributed by atoms with van der Waals surface area (Å²) in [5.74, 6) is 2.21. The van der Waals surface area contributed by atoms with Crippen LogP contribution in [0.25, 0.3) is 0 Å². The third-order valence-electron chi connectivity index (χ3n) is 6.34. The van der Waals surface area contributed by atoms with E-state index in [1.54, 1.807) is 18.3 Å². The van der Waals surface area contributed by atoms with Crippen LogP contribution < -0.4 is 11.1 Å². The molecule has 1 aromatic rings. The first-order valence-electron chi connectivity index (χ1n) is 9.11. The van der Waals surface area contributed by atoms with Gasteiger partial charge in [-0.2, -0.15) is 0 Å². The molecular weight excluding hydrogens is 322 g/mol. The van der Waals surface area contributed by atoms with Crippen molar-refractivity contribution in [2.75, 3.05) is 0 Å². The van der Waals surface area contributed by atoms with Crippen molar-refractivity contribution in [1.82, 2.24) is 10.3 Å². The molecule has 0 unspecified atom stereocenters. The van der Waals surface area contributed by atoms with E-state index in [9.17, 15) is 9.90 Å². The van der Waals surface area contributed by atoms with Gasteiger partial charge < -0.3 is 10.8 Å². The fraction of sp³-hybridized carbons (Fsp3) is 0.778. The van der Waals surface area contributed by atoms with Crippen molar-refractivity contribution in [3.8, 4) is 0 Å². The molecule has 24 heavy (non-hydrogen) atoms. The highest BCUT2D eigenvalue weighted by Crippen LogP contribution is 2.61. The minimum absolute atomic E-state index is 0.324. The van der Waals surface area contributed by atoms with Gasteiger partial charge in [0.05, 0.1) is 16.8 Å². The van der Waals surface area contributed by atoms with Crippen molar-refractivity contribution in [2.45, 2.75) is 69.6 Å². The zero-order chi connectivity index (χ0) is 16.9. The van der Waals surface area contributed by atoms with Gasteiger partial charge >= 0.3 is 0 Å². The van der Waals surface area contributed by atoms with Crippen molar-refractivity contribution in [3.63, 3.8) is 0 Å². The number of aromatic nitrogens is 1. The van der Waals surface area contributed by atoms with Crippen LogP contribution in [0.5, 0.6) is 0 Å². The van der Waals surface area contributed by atoms with Crippen molar-refractivity contribution >= 4 is 17.2 Å². The number of amides is 1. The van der Waals surface area contributed by atoms with Gasteiger partial charge in [-0.25, -0.2) is 4.98 Å². The lowest BCUT2D eigenvalue weighted by molar-refractivity contribution is -0.122. The highest BCUT2D eigenvalue weighted by Gasteiger charge is 2.52. The molecule has 5 rings (SSSR count). The lowest BCUT2D eigenvalue weighted by atomic mass is 9.50. The second-order valence-corrected chi connectivity index (χ2v) is 9.20. The van der Waals surface area contributed by atoms with Crippen molar-refractivity contribution < 1.29 is 9.90 Å². The molecule has 0 aromatic carbocycles. The van der Waals surface area contributed by atoms with Crippen LogP contribution in [-0.2, 0) is 16.8 Å². The number of thiazole rings is 1. The molecule has 4 aliphatic carbocycles. The summed E-state index contributed by atoms with van der Waals surface area (Å²) >= 11 is 1.78. The second kappa shape index (κ2) is 6.07. The van der Waals surface area contributed by atoms with Crippen LogP contribution in [0.3, 0.4) is 0 Å². The summed E-state index contributed by atoms with van der Waals surface area (Å²) in [7, 11) is 0. The van der Waals surface area contributed by atoms with Gasteiger partial charge in [0.2, 0.25) is 5.91 Å².